The molecule has 0 bridgehead atoms. The molecular weight excluding hydrogens is 318 g/mol. The van der Waals surface area contributed by atoms with Crippen LogP contribution in [0, 0.1) is 11.3 Å². The SMILES string of the molecule is N#CCN1CCC(NC(=O)CCCNC(=O)NC2CCCCC2)CC1. The molecule has 0 atom stereocenters. The second kappa shape index (κ2) is 10.9. The molecule has 0 spiro atoms. The van der Waals surface area contributed by atoms with Crippen molar-refractivity contribution in [3.63, 3.8) is 0 Å². The van der Waals surface area contributed by atoms with Crippen LogP contribution in [0.3, 0.4) is 0 Å². The largest absolute Gasteiger partial charge is 0.353 e. The molecule has 0 aromatic rings. The molecule has 2 fully saturated rings. The summed E-state index contributed by atoms with van der Waals surface area (Å²) in [5.74, 6) is 0.0493. The minimum atomic E-state index is -0.114. The van der Waals surface area contributed by atoms with Gasteiger partial charge in [0.25, 0.3) is 0 Å². The summed E-state index contributed by atoms with van der Waals surface area (Å²) in [6, 6.07) is 2.57. The van der Waals surface area contributed by atoms with Crippen molar-refractivity contribution in [3.8, 4) is 6.07 Å². The van der Waals surface area contributed by atoms with E-state index in [-0.39, 0.29) is 18.0 Å². The van der Waals surface area contributed by atoms with Gasteiger partial charge < -0.3 is 16.0 Å². The number of carbonyl (C=O) groups is 2. The molecule has 3 N–H and O–H groups in total. The fraction of sp³-hybridized carbons (Fsp3) is 0.833. The first-order valence-electron chi connectivity index (χ1n) is 9.60. The van der Waals surface area contributed by atoms with Crippen LogP contribution in [-0.2, 0) is 4.79 Å². The van der Waals surface area contributed by atoms with E-state index in [4.69, 9.17) is 5.26 Å². The standard InChI is InChI=1S/C18H31N5O2/c19-10-14-23-12-8-16(9-13-23)21-17(24)7-4-11-20-18(25)22-15-5-2-1-3-6-15/h15-16H,1-9,11-14H2,(H,21,24)(H2,20,22,25). The van der Waals surface area contributed by atoms with Crippen molar-refractivity contribution in [2.24, 2.45) is 0 Å². The number of amides is 3. The first-order chi connectivity index (χ1) is 12.2. The van der Waals surface area contributed by atoms with E-state index in [1.54, 1.807) is 0 Å². The molecule has 0 radical (unpaired) electrons. The molecule has 25 heavy (non-hydrogen) atoms. The van der Waals surface area contributed by atoms with E-state index in [2.05, 4.69) is 26.9 Å². The molecule has 2 rings (SSSR count). The lowest BCUT2D eigenvalue weighted by molar-refractivity contribution is -0.122. The summed E-state index contributed by atoms with van der Waals surface area (Å²) in [7, 11) is 0. The summed E-state index contributed by atoms with van der Waals surface area (Å²) in [5.41, 5.74) is 0. The van der Waals surface area contributed by atoms with Gasteiger partial charge in [-0.05, 0) is 32.1 Å². The van der Waals surface area contributed by atoms with Crippen LogP contribution in [-0.4, -0.2) is 55.1 Å². The molecule has 0 aromatic carbocycles. The van der Waals surface area contributed by atoms with Gasteiger partial charge >= 0.3 is 6.03 Å². The maximum Gasteiger partial charge on any atom is 0.315 e. The number of hydrogen-bond donors (Lipinski definition) is 3. The summed E-state index contributed by atoms with van der Waals surface area (Å²) < 4.78 is 0. The minimum absolute atomic E-state index is 0.0493. The van der Waals surface area contributed by atoms with Crippen molar-refractivity contribution in [1.29, 1.82) is 5.26 Å². The fourth-order valence-electron chi connectivity index (χ4n) is 3.57. The van der Waals surface area contributed by atoms with Gasteiger partial charge in [-0.15, -0.1) is 0 Å². The molecule has 1 aliphatic carbocycles. The van der Waals surface area contributed by atoms with Crippen molar-refractivity contribution in [3.05, 3.63) is 0 Å². The number of nitrogens with one attached hydrogen (secondary N) is 3. The number of nitrogens with zero attached hydrogens (tertiary/aromatic N) is 2. The van der Waals surface area contributed by atoms with E-state index >= 15 is 0 Å². The van der Waals surface area contributed by atoms with E-state index < -0.39 is 0 Å². The molecule has 3 amide bonds. The van der Waals surface area contributed by atoms with Gasteiger partial charge in [0.15, 0.2) is 0 Å². The summed E-state index contributed by atoms with van der Waals surface area (Å²) in [6.45, 7) is 2.71. The molecule has 7 nitrogen and oxygen atoms in total. The van der Waals surface area contributed by atoms with Crippen LogP contribution in [0.25, 0.3) is 0 Å². The monoisotopic (exact) mass is 349 g/mol. The van der Waals surface area contributed by atoms with Gasteiger partial charge in [0.1, 0.15) is 0 Å². The quantitative estimate of drug-likeness (QED) is 0.479. The van der Waals surface area contributed by atoms with Crippen LogP contribution in [0.1, 0.15) is 57.8 Å². The zero-order chi connectivity index (χ0) is 17.9. The topological polar surface area (TPSA) is 97.3 Å². The van der Waals surface area contributed by atoms with Gasteiger partial charge in [-0.3, -0.25) is 9.69 Å². The van der Waals surface area contributed by atoms with Crippen LogP contribution < -0.4 is 16.0 Å². The van der Waals surface area contributed by atoms with Gasteiger partial charge in [0, 0.05) is 38.1 Å². The van der Waals surface area contributed by atoms with E-state index in [1.807, 2.05) is 0 Å². The first-order valence-corrected chi connectivity index (χ1v) is 9.60. The number of carbonyl (C=O) groups excluding carboxylic acids is 2. The van der Waals surface area contributed by atoms with Gasteiger partial charge in [-0.2, -0.15) is 5.26 Å². The van der Waals surface area contributed by atoms with Gasteiger partial charge in [0.05, 0.1) is 12.6 Å². The van der Waals surface area contributed by atoms with E-state index in [9.17, 15) is 9.59 Å². The summed E-state index contributed by atoms with van der Waals surface area (Å²) in [5, 5.41) is 17.6. The van der Waals surface area contributed by atoms with Crippen LogP contribution >= 0.6 is 0 Å². The number of urea groups is 1. The second-order valence-electron chi connectivity index (χ2n) is 7.11. The number of rotatable bonds is 7. The van der Waals surface area contributed by atoms with Crippen molar-refractivity contribution in [2.75, 3.05) is 26.2 Å². The van der Waals surface area contributed by atoms with E-state index in [0.29, 0.717) is 32.0 Å². The predicted octanol–water partition coefficient (Wildman–Crippen LogP) is 1.50. The molecule has 2 aliphatic rings. The van der Waals surface area contributed by atoms with Crippen LogP contribution in [0.15, 0.2) is 0 Å². The lowest BCUT2D eigenvalue weighted by Crippen LogP contribution is -2.45. The summed E-state index contributed by atoms with van der Waals surface area (Å²) in [4.78, 5) is 25.9. The van der Waals surface area contributed by atoms with Crippen molar-refractivity contribution in [1.82, 2.24) is 20.9 Å². The van der Waals surface area contributed by atoms with Gasteiger partial charge in [-0.1, -0.05) is 19.3 Å². The predicted molar refractivity (Wildman–Crippen MR) is 95.9 cm³/mol. The Morgan fingerprint density at radius 1 is 1.00 bits per heavy atom. The highest BCUT2D eigenvalue weighted by Crippen LogP contribution is 2.17. The molecule has 7 heteroatoms. The smallest absolute Gasteiger partial charge is 0.315 e. The van der Waals surface area contributed by atoms with Crippen LogP contribution in [0.4, 0.5) is 4.79 Å². The van der Waals surface area contributed by atoms with E-state index in [0.717, 1.165) is 38.8 Å². The Labute approximate surface area is 150 Å². The molecule has 140 valence electrons. The number of nitriles is 1. The highest BCUT2D eigenvalue weighted by atomic mass is 16.2. The third-order valence-corrected chi connectivity index (χ3v) is 5.05. The summed E-state index contributed by atoms with van der Waals surface area (Å²) in [6.07, 6.45) is 8.68. The van der Waals surface area contributed by atoms with Crippen molar-refractivity contribution in [2.45, 2.75) is 69.9 Å². The fourth-order valence-corrected chi connectivity index (χ4v) is 3.57. The zero-order valence-corrected chi connectivity index (χ0v) is 15.1. The molecule has 1 saturated heterocycles. The maximum atomic E-state index is 12.0. The lowest BCUT2D eigenvalue weighted by Gasteiger charge is -2.30. The number of hydrogen-bond acceptors (Lipinski definition) is 4. The lowest BCUT2D eigenvalue weighted by atomic mass is 9.96. The third-order valence-electron chi connectivity index (χ3n) is 5.05. The van der Waals surface area contributed by atoms with Crippen molar-refractivity contribution >= 4 is 11.9 Å². The Balaban J connectivity index is 1.49. The Morgan fingerprint density at radius 3 is 2.36 bits per heavy atom. The number of piperidine rings is 1. The average molecular weight is 349 g/mol. The van der Waals surface area contributed by atoms with Crippen LogP contribution in [0.5, 0.6) is 0 Å². The Morgan fingerprint density at radius 2 is 1.68 bits per heavy atom. The molecule has 0 unspecified atom stereocenters. The Bertz CT molecular complexity index is 463. The first kappa shape index (κ1) is 19.5. The normalized spacial score (nSPS) is 19.8. The molecular formula is C18H31N5O2. The van der Waals surface area contributed by atoms with Gasteiger partial charge in [-0.25, -0.2) is 4.79 Å². The van der Waals surface area contributed by atoms with E-state index in [1.165, 1.54) is 19.3 Å². The average Bonchev–Trinajstić information content (AvgIpc) is 2.61. The molecule has 0 aromatic heterocycles. The number of likely N-dealkylation sites (tertiary alicyclic amines) is 1. The Hall–Kier alpha value is -1.81. The maximum absolute atomic E-state index is 12.0. The molecule has 1 saturated carbocycles. The molecule has 1 aliphatic heterocycles. The Kier molecular flexibility index (Phi) is 8.53. The highest BCUT2D eigenvalue weighted by Gasteiger charge is 2.20. The van der Waals surface area contributed by atoms with Gasteiger partial charge in [0.2, 0.25) is 5.91 Å². The summed E-state index contributed by atoms with van der Waals surface area (Å²) >= 11 is 0. The van der Waals surface area contributed by atoms with Crippen molar-refractivity contribution < 1.29 is 9.59 Å². The molecule has 1 heterocycles. The highest BCUT2D eigenvalue weighted by molar-refractivity contribution is 5.76. The third kappa shape index (κ3) is 7.74. The second-order valence-corrected chi connectivity index (χ2v) is 7.11. The zero-order valence-electron chi connectivity index (χ0n) is 15.1. The van der Waals surface area contributed by atoms with Crippen LogP contribution in [0.2, 0.25) is 0 Å². The minimum Gasteiger partial charge on any atom is -0.353 e.